The first-order chi connectivity index (χ1) is 12.3. The summed E-state index contributed by atoms with van der Waals surface area (Å²) in [6.07, 6.45) is 0.407. The van der Waals surface area contributed by atoms with Crippen LogP contribution in [0.4, 0.5) is 10.1 Å². The Bertz CT molecular complexity index is 1140. The predicted octanol–water partition coefficient (Wildman–Crippen LogP) is 2.98. The number of halogens is 1. The van der Waals surface area contributed by atoms with Crippen LogP contribution >= 0.6 is 0 Å². The van der Waals surface area contributed by atoms with Gasteiger partial charge in [-0.3, -0.25) is 14.1 Å². The van der Waals surface area contributed by atoms with Gasteiger partial charge in [0.05, 0.1) is 28.0 Å². The summed E-state index contributed by atoms with van der Waals surface area (Å²) in [7, 11) is -3.65. The molecule has 0 amide bonds. The van der Waals surface area contributed by atoms with Gasteiger partial charge in [-0.05, 0) is 43.7 Å². The zero-order valence-corrected chi connectivity index (χ0v) is 15.2. The molecule has 0 aliphatic carbocycles. The minimum Gasteiger partial charge on any atom is -0.280 e. The summed E-state index contributed by atoms with van der Waals surface area (Å²) in [5.74, 6) is -0.414. The highest BCUT2D eigenvalue weighted by Gasteiger charge is 2.15. The number of aromatic nitrogens is 2. The maximum atomic E-state index is 14.1. The van der Waals surface area contributed by atoms with E-state index in [4.69, 9.17) is 0 Å². The Morgan fingerprint density at radius 3 is 2.65 bits per heavy atom. The number of hydrogen-bond donors (Lipinski definition) is 1. The van der Waals surface area contributed by atoms with Crippen LogP contribution in [0.2, 0.25) is 0 Å². The fraction of sp³-hybridized carbons (Fsp3) is 0.222. The van der Waals surface area contributed by atoms with Crippen molar-refractivity contribution in [2.45, 2.75) is 20.3 Å². The van der Waals surface area contributed by atoms with Crippen molar-refractivity contribution in [2.24, 2.45) is 0 Å². The molecule has 3 aromatic rings. The van der Waals surface area contributed by atoms with E-state index in [9.17, 15) is 17.6 Å². The van der Waals surface area contributed by atoms with Gasteiger partial charge in [-0.25, -0.2) is 17.8 Å². The molecule has 1 N–H and O–H groups in total. The maximum Gasteiger partial charge on any atom is 0.265 e. The molecule has 0 radical (unpaired) electrons. The Morgan fingerprint density at radius 2 is 1.92 bits per heavy atom. The Kier molecular flexibility index (Phi) is 4.78. The van der Waals surface area contributed by atoms with Gasteiger partial charge in [-0.15, -0.1) is 0 Å². The van der Waals surface area contributed by atoms with Crippen molar-refractivity contribution in [3.8, 4) is 5.69 Å². The summed E-state index contributed by atoms with van der Waals surface area (Å²) in [6.45, 7) is 3.38. The third-order valence-corrected chi connectivity index (χ3v) is 5.37. The Balaban J connectivity index is 2.15. The van der Waals surface area contributed by atoms with Gasteiger partial charge in [0, 0.05) is 0 Å². The molecular weight excluding hydrogens is 357 g/mol. The number of anilines is 1. The first-order valence-electron chi connectivity index (χ1n) is 8.11. The van der Waals surface area contributed by atoms with Gasteiger partial charge in [0.25, 0.3) is 5.56 Å². The van der Waals surface area contributed by atoms with Crippen LogP contribution in [0.15, 0.2) is 47.3 Å². The van der Waals surface area contributed by atoms with E-state index >= 15 is 0 Å². The molecule has 0 aliphatic heterocycles. The van der Waals surface area contributed by atoms with Crippen LogP contribution in [0.25, 0.3) is 16.6 Å². The van der Waals surface area contributed by atoms with Crippen LogP contribution in [-0.4, -0.2) is 23.7 Å². The Morgan fingerprint density at radius 1 is 1.19 bits per heavy atom. The van der Waals surface area contributed by atoms with E-state index in [0.717, 1.165) is 6.07 Å². The Labute approximate surface area is 150 Å². The van der Waals surface area contributed by atoms with Gasteiger partial charge >= 0.3 is 0 Å². The second-order valence-electron chi connectivity index (χ2n) is 5.90. The van der Waals surface area contributed by atoms with Gasteiger partial charge in [-0.2, -0.15) is 0 Å². The smallest absolute Gasteiger partial charge is 0.265 e. The van der Waals surface area contributed by atoms with Crippen molar-refractivity contribution in [1.29, 1.82) is 0 Å². The van der Waals surface area contributed by atoms with E-state index in [2.05, 4.69) is 9.71 Å². The van der Waals surface area contributed by atoms with Crippen LogP contribution in [0, 0.1) is 12.7 Å². The Hall–Kier alpha value is -2.74. The molecule has 26 heavy (non-hydrogen) atoms. The number of sulfonamides is 1. The number of benzene rings is 2. The molecule has 6 nitrogen and oxygen atoms in total. The lowest BCUT2D eigenvalue weighted by Crippen LogP contribution is -2.23. The molecule has 3 rings (SSSR count). The van der Waals surface area contributed by atoms with Crippen LogP contribution < -0.4 is 10.3 Å². The van der Waals surface area contributed by atoms with E-state index in [-0.39, 0.29) is 17.0 Å². The average Bonchev–Trinajstić information content (AvgIpc) is 2.57. The number of aryl methyl sites for hydroxylation is 1. The molecule has 0 saturated heterocycles. The molecule has 0 saturated carbocycles. The highest BCUT2D eigenvalue weighted by Crippen LogP contribution is 2.21. The molecule has 136 valence electrons. The van der Waals surface area contributed by atoms with Crippen molar-refractivity contribution in [1.82, 2.24) is 9.55 Å². The molecule has 0 atom stereocenters. The summed E-state index contributed by atoms with van der Waals surface area (Å²) in [6, 6.07) is 10.8. The summed E-state index contributed by atoms with van der Waals surface area (Å²) in [5, 5.41) is 0.426. The zero-order chi connectivity index (χ0) is 18.9. The fourth-order valence-electron chi connectivity index (χ4n) is 2.77. The highest BCUT2D eigenvalue weighted by atomic mass is 32.2. The average molecular weight is 375 g/mol. The largest absolute Gasteiger partial charge is 0.280 e. The van der Waals surface area contributed by atoms with Crippen LogP contribution in [0.1, 0.15) is 19.2 Å². The topological polar surface area (TPSA) is 81.1 Å². The summed E-state index contributed by atoms with van der Waals surface area (Å²) >= 11 is 0. The minimum atomic E-state index is -3.65. The molecule has 0 bridgehead atoms. The number of hydrogen-bond acceptors (Lipinski definition) is 4. The fourth-order valence-corrected chi connectivity index (χ4v) is 3.90. The molecule has 1 aromatic heterocycles. The van der Waals surface area contributed by atoms with Gasteiger partial charge in [0.2, 0.25) is 10.0 Å². The third kappa shape index (κ3) is 3.45. The van der Waals surface area contributed by atoms with E-state index in [1.54, 1.807) is 38.1 Å². The van der Waals surface area contributed by atoms with E-state index in [0.29, 0.717) is 28.8 Å². The number of fused-ring (bicyclic) bond motifs is 1. The lowest BCUT2D eigenvalue weighted by molar-refractivity contribution is 0.597. The summed E-state index contributed by atoms with van der Waals surface area (Å²) in [5.41, 5.74) is 0.399. The standard InChI is InChI=1S/C18H18FN3O3S/c1-3-10-26(24,25)21-17-11-13(8-9-15(17)19)22-12(2)20-16-7-5-4-6-14(16)18(22)23/h4-9,11,21H,3,10H2,1-2H3. The number of rotatable bonds is 5. The van der Waals surface area contributed by atoms with Gasteiger partial charge in [0.1, 0.15) is 11.6 Å². The maximum absolute atomic E-state index is 14.1. The predicted molar refractivity (Wildman–Crippen MR) is 99.7 cm³/mol. The monoisotopic (exact) mass is 375 g/mol. The van der Waals surface area contributed by atoms with Gasteiger partial charge in [-0.1, -0.05) is 19.1 Å². The molecule has 0 fully saturated rings. The lowest BCUT2D eigenvalue weighted by atomic mass is 10.2. The third-order valence-electron chi connectivity index (χ3n) is 3.89. The van der Waals surface area contributed by atoms with Crippen molar-refractivity contribution in [3.63, 3.8) is 0 Å². The first-order valence-corrected chi connectivity index (χ1v) is 9.76. The number of para-hydroxylation sites is 1. The van der Waals surface area contributed by atoms with E-state index in [1.165, 1.54) is 16.7 Å². The molecule has 2 aromatic carbocycles. The molecule has 0 unspecified atom stereocenters. The van der Waals surface area contributed by atoms with E-state index in [1.807, 2.05) is 0 Å². The summed E-state index contributed by atoms with van der Waals surface area (Å²) in [4.78, 5) is 17.2. The molecule has 0 aliphatic rings. The second kappa shape index (κ2) is 6.87. The van der Waals surface area contributed by atoms with Crippen molar-refractivity contribution in [2.75, 3.05) is 10.5 Å². The van der Waals surface area contributed by atoms with Crippen molar-refractivity contribution in [3.05, 3.63) is 64.5 Å². The molecule has 1 heterocycles. The number of nitrogens with zero attached hydrogens (tertiary/aromatic N) is 2. The van der Waals surface area contributed by atoms with Crippen LogP contribution in [-0.2, 0) is 10.0 Å². The molecular formula is C18H18FN3O3S. The normalized spacial score (nSPS) is 11.7. The van der Waals surface area contributed by atoms with Crippen molar-refractivity contribution < 1.29 is 12.8 Å². The minimum absolute atomic E-state index is 0.118. The lowest BCUT2D eigenvalue weighted by Gasteiger charge is -2.13. The van der Waals surface area contributed by atoms with Crippen molar-refractivity contribution >= 4 is 26.6 Å². The first kappa shape index (κ1) is 18.1. The van der Waals surface area contributed by atoms with Crippen LogP contribution in [0.3, 0.4) is 0 Å². The summed E-state index contributed by atoms with van der Waals surface area (Å²) < 4.78 is 41.5. The second-order valence-corrected chi connectivity index (χ2v) is 7.74. The quantitative estimate of drug-likeness (QED) is 0.743. The molecule has 0 spiro atoms. The van der Waals surface area contributed by atoms with Crippen LogP contribution in [0.5, 0.6) is 0 Å². The van der Waals surface area contributed by atoms with E-state index < -0.39 is 15.8 Å². The highest BCUT2D eigenvalue weighted by molar-refractivity contribution is 7.92. The zero-order valence-electron chi connectivity index (χ0n) is 14.4. The molecule has 8 heteroatoms. The van der Waals surface area contributed by atoms with Gasteiger partial charge < -0.3 is 0 Å². The SMILES string of the molecule is CCCS(=O)(=O)Nc1cc(-n2c(C)nc3ccccc3c2=O)ccc1F. The number of nitrogens with one attached hydrogen (secondary N) is 1. The van der Waals surface area contributed by atoms with Gasteiger partial charge in [0.15, 0.2) is 0 Å².